The average molecular weight is 519 g/mol. The van der Waals surface area contributed by atoms with Crippen LogP contribution in [0.2, 0.25) is 5.02 Å². The molecule has 0 spiro atoms. The van der Waals surface area contributed by atoms with E-state index < -0.39 is 6.09 Å². The molecule has 3 aromatic rings. The first-order chi connectivity index (χ1) is 17.9. The molecule has 0 radical (unpaired) electrons. The lowest BCUT2D eigenvalue weighted by atomic mass is 9.91. The number of hydrogen-bond acceptors (Lipinski definition) is 9. The molecule has 4 heterocycles. The van der Waals surface area contributed by atoms with Crippen molar-refractivity contribution < 1.29 is 9.90 Å². The van der Waals surface area contributed by atoms with Gasteiger partial charge in [0.25, 0.3) is 0 Å². The molecule has 1 aliphatic carbocycles. The first-order valence-corrected chi connectivity index (χ1v) is 12.5. The number of nitrogens with zero attached hydrogens (tertiary/aromatic N) is 8. The second-order valence-electron chi connectivity index (χ2n) is 9.61. The number of anilines is 4. The molecule has 12 nitrogen and oxygen atoms in total. The average Bonchev–Trinajstić information content (AvgIpc) is 3.44. The van der Waals surface area contributed by atoms with Crippen molar-refractivity contribution >= 4 is 46.5 Å². The summed E-state index contributed by atoms with van der Waals surface area (Å²) < 4.78 is 1.42. The first kappa shape index (κ1) is 23.1. The van der Waals surface area contributed by atoms with Gasteiger partial charge >= 0.3 is 6.09 Å². The molecule has 3 aliphatic rings. The van der Waals surface area contributed by atoms with Crippen molar-refractivity contribution in [2.75, 3.05) is 35.2 Å². The van der Waals surface area contributed by atoms with Crippen LogP contribution in [0.5, 0.6) is 0 Å². The van der Waals surface area contributed by atoms with E-state index in [4.69, 9.17) is 11.6 Å². The SMILES string of the molecule is N#Cc1cc(Nc2nc(NC3CC3)c3ncc(C#N)n3n2)c(Cl)c(N2CCC3CCN(C(=O)O)C3C2)c1. The zero-order valence-electron chi connectivity index (χ0n) is 19.7. The molecule has 188 valence electrons. The third-order valence-electron chi connectivity index (χ3n) is 7.27. The standard InChI is InChI=1S/C24H23ClN10O2/c25-20-17(30-23-31-21(29-15-1-2-15)22-28-11-16(10-27)35(22)32-23)7-13(9-26)8-18(20)33-5-3-14-4-6-34(24(36)37)19(14)12-33/h7-8,11,14-15,19H,1-6,12H2,(H,36,37)(H2,29,30,31,32). The number of imidazole rings is 1. The lowest BCUT2D eigenvalue weighted by Crippen LogP contribution is -2.49. The van der Waals surface area contributed by atoms with Crippen LogP contribution in [-0.2, 0) is 0 Å². The van der Waals surface area contributed by atoms with Crippen LogP contribution in [0.1, 0.15) is 36.9 Å². The number of likely N-dealkylation sites (tertiary alicyclic amines) is 1. The number of aromatic nitrogens is 4. The van der Waals surface area contributed by atoms with Gasteiger partial charge in [0.05, 0.1) is 40.3 Å². The molecule has 2 aliphatic heterocycles. The number of hydrogen-bond donors (Lipinski definition) is 3. The number of benzene rings is 1. The van der Waals surface area contributed by atoms with Gasteiger partial charge in [-0.05, 0) is 43.7 Å². The summed E-state index contributed by atoms with van der Waals surface area (Å²) in [5, 5.41) is 40.1. The van der Waals surface area contributed by atoms with Crippen LogP contribution < -0.4 is 15.5 Å². The summed E-state index contributed by atoms with van der Waals surface area (Å²) in [6, 6.07) is 7.80. The first-order valence-electron chi connectivity index (χ1n) is 12.1. The van der Waals surface area contributed by atoms with E-state index in [0.717, 1.165) is 25.7 Å². The van der Waals surface area contributed by atoms with Gasteiger partial charge in [-0.1, -0.05) is 11.6 Å². The molecule has 37 heavy (non-hydrogen) atoms. The molecule has 3 N–H and O–H groups in total. The summed E-state index contributed by atoms with van der Waals surface area (Å²) in [6.45, 7) is 1.75. The quantitative estimate of drug-likeness (QED) is 0.456. The highest BCUT2D eigenvalue weighted by Crippen LogP contribution is 2.40. The maximum Gasteiger partial charge on any atom is 0.407 e. The minimum Gasteiger partial charge on any atom is -0.465 e. The summed E-state index contributed by atoms with van der Waals surface area (Å²) in [7, 11) is 0. The minimum atomic E-state index is -0.909. The van der Waals surface area contributed by atoms with Crippen molar-refractivity contribution in [2.45, 2.75) is 37.8 Å². The number of amides is 1. The molecule has 3 fully saturated rings. The minimum absolute atomic E-state index is 0.114. The number of halogens is 1. The highest BCUT2D eigenvalue weighted by atomic mass is 35.5. The second-order valence-corrected chi connectivity index (χ2v) is 9.99. The van der Waals surface area contributed by atoms with Gasteiger partial charge in [-0.2, -0.15) is 20.0 Å². The summed E-state index contributed by atoms with van der Waals surface area (Å²) in [6.07, 6.45) is 4.30. The number of nitriles is 2. The van der Waals surface area contributed by atoms with Crippen molar-refractivity contribution in [1.29, 1.82) is 10.5 Å². The molecular weight excluding hydrogens is 496 g/mol. The maximum atomic E-state index is 11.7. The van der Waals surface area contributed by atoms with E-state index in [0.29, 0.717) is 65.0 Å². The molecule has 2 unspecified atom stereocenters. The Hall–Kier alpha value is -4.29. The molecular formula is C24H23ClN10O2. The van der Waals surface area contributed by atoms with Crippen LogP contribution >= 0.6 is 11.6 Å². The van der Waals surface area contributed by atoms with Gasteiger partial charge in [-0.3, -0.25) is 0 Å². The van der Waals surface area contributed by atoms with E-state index in [1.807, 2.05) is 4.90 Å². The van der Waals surface area contributed by atoms with E-state index in [1.165, 1.54) is 15.6 Å². The Morgan fingerprint density at radius 2 is 1.97 bits per heavy atom. The smallest absolute Gasteiger partial charge is 0.407 e. The van der Waals surface area contributed by atoms with Gasteiger partial charge in [-0.25, -0.2) is 9.78 Å². The third kappa shape index (κ3) is 4.19. The Kier molecular flexibility index (Phi) is 5.61. The van der Waals surface area contributed by atoms with Gasteiger partial charge in [-0.15, -0.1) is 5.10 Å². The molecule has 2 aromatic heterocycles. The van der Waals surface area contributed by atoms with Crippen LogP contribution in [0, 0.1) is 28.6 Å². The van der Waals surface area contributed by atoms with E-state index in [1.54, 1.807) is 12.1 Å². The van der Waals surface area contributed by atoms with Gasteiger partial charge in [0.2, 0.25) is 5.95 Å². The van der Waals surface area contributed by atoms with Crippen molar-refractivity contribution in [2.24, 2.45) is 5.92 Å². The molecule has 6 rings (SSSR count). The predicted octanol–water partition coefficient (Wildman–Crippen LogP) is 3.42. The molecule has 2 atom stereocenters. The second kappa shape index (κ2) is 8.98. The van der Waals surface area contributed by atoms with Crippen LogP contribution in [0.4, 0.5) is 27.9 Å². The Labute approximate surface area is 217 Å². The fraction of sp³-hybridized carbons (Fsp3) is 0.417. The third-order valence-corrected chi connectivity index (χ3v) is 7.67. The van der Waals surface area contributed by atoms with Crippen molar-refractivity contribution in [3.8, 4) is 12.1 Å². The van der Waals surface area contributed by atoms with Crippen molar-refractivity contribution in [3.05, 3.63) is 34.6 Å². The van der Waals surface area contributed by atoms with E-state index in [9.17, 15) is 20.4 Å². The Morgan fingerprint density at radius 1 is 1.16 bits per heavy atom. The highest BCUT2D eigenvalue weighted by molar-refractivity contribution is 6.36. The molecule has 2 saturated heterocycles. The van der Waals surface area contributed by atoms with E-state index in [-0.39, 0.29) is 17.7 Å². The fourth-order valence-electron chi connectivity index (χ4n) is 5.24. The molecule has 0 bridgehead atoms. The Bertz CT molecular complexity index is 1490. The Balaban J connectivity index is 1.35. The van der Waals surface area contributed by atoms with Crippen LogP contribution in [0.15, 0.2) is 18.3 Å². The van der Waals surface area contributed by atoms with Crippen LogP contribution in [-0.4, -0.2) is 67.4 Å². The lowest BCUT2D eigenvalue weighted by Gasteiger charge is -2.39. The van der Waals surface area contributed by atoms with Crippen molar-refractivity contribution in [1.82, 2.24) is 24.5 Å². The normalized spacial score (nSPS) is 20.8. The highest BCUT2D eigenvalue weighted by Gasteiger charge is 2.41. The molecule has 1 amide bonds. The van der Waals surface area contributed by atoms with Crippen LogP contribution in [0.3, 0.4) is 0 Å². The van der Waals surface area contributed by atoms with E-state index >= 15 is 0 Å². The van der Waals surface area contributed by atoms with Gasteiger partial charge in [0.1, 0.15) is 6.07 Å². The molecule has 13 heteroatoms. The predicted molar refractivity (Wildman–Crippen MR) is 135 cm³/mol. The zero-order chi connectivity index (χ0) is 25.7. The zero-order valence-corrected chi connectivity index (χ0v) is 20.5. The Morgan fingerprint density at radius 3 is 2.70 bits per heavy atom. The number of rotatable bonds is 5. The number of nitrogens with one attached hydrogen (secondary N) is 2. The number of fused-ring (bicyclic) bond motifs is 2. The van der Waals surface area contributed by atoms with Crippen LogP contribution in [0.25, 0.3) is 5.65 Å². The number of carbonyl (C=O) groups is 1. The molecule has 1 saturated carbocycles. The maximum absolute atomic E-state index is 11.7. The largest absolute Gasteiger partial charge is 0.465 e. The summed E-state index contributed by atoms with van der Waals surface area (Å²) in [5.41, 5.74) is 2.20. The fourth-order valence-corrected chi connectivity index (χ4v) is 5.52. The summed E-state index contributed by atoms with van der Waals surface area (Å²) >= 11 is 6.87. The van der Waals surface area contributed by atoms with Gasteiger partial charge in [0.15, 0.2) is 17.2 Å². The van der Waals surface area contributed by atoms with Gasteiger partial charge in [0, 0.05) is 25.7 Å². The van der Waals surface area contributed by atoms with Gasteiger partial charge < -0.3 is 25.5 Å². The monoisotopic (exact) mass is 518 g/mol. The summed E-state index contributed by atoms with van der Waals surface area (Å²) in [4.78, 5) is 24.1. The summed E-state index contributed by atoms with van der Waals surface area (Å²) in [5.74, 6) is 1.02. The number of carboxylic acid groups (broad SMARTS) is 1. The lowest BCUT2D eigenvalue weighted by molar-refractivity contribution is 0.131. The van der Waals surface area contributed by atoms with Crippen molar-refractivity contribution in [3.63, 3.8) is 0 Å². The molecule has 1 aromatic carbocycles. The topological polar surface area (TPSA) is 158 Å². The van der Waals surface area contributed by atoms with E-state index in [2.05, 4.69) is 37.8 Å². The number of piperidine rings is 1.